The van der Waals surface area contributed by atoms with E-state index < -0.39 is 0 Å². The first-order valence-electron chi connectivity index (χ1n) is 8.54. The summed E-state index contributed by atoms with van der Waals surface area (Å²) in [5.74, 6) is 1.14. The van der Waals surface area contributed by atoms with Gasteiger partial charge in [-0.25, -0.2) is 0 Å². The number of furan rings is 1. The second-order valence-electron chi connectivity index (χ2n) is 6.14. The van der Waals surface area contributed by atoms with Gasteiger partial charge in [-0.05, 0) is 42.0 Å². The highest BCUT2D eigenvalue weighted by molar-refractivity contribution is 8.26. The molecule has 28 heavy (non-hydrogen) atoms. The molecular formula is C22H14N2O2S2. The number of hydrogen-bond donors (Lipinski definition) is 0. The van der Waals surface area contributed by atoms with Crippen molar-refractivity contribution in [2.75, 3.05) is 0 Å². The summed E-state index contributed by atoms with van der Waals surface area (Å²) in [6.07, 6.45) is 1.72. The smallest absolute Gasteiger partial charge is 0.266 e. The maximum absolute atomic E-state index is 12.7. The first kappa shape index (κ1) is 18.2. The predicted molar refractivity (Wildman–Crippen MR) is 114 cm³/mol. The molecule has 1 saturated heterocycles. The van der Waals surface area contributed by atoms with E-state index in [9.17, 15) is 4.79 Å². The third-order valence-corrected chi connectivity index (χ3v) is 5.63. The molecule has 0 bridgehead atoms. The van der Waals surface area contributed by atoms with E-state index in [0.717, 1.165) is 11.1 Å². The number of amides is 1. The van der Waals surface area contributed by atoms with Crippen LogP contribution in [0.5, 0.6) is 0 Å². The summed E-state index contributed by atoms with van der Waals surface area (Å²) in [7, 11) is 0. The molecule has 1 amide bonds. The van der Waals surface area contributed by atoms with Crippen LogP contribution in [-0.2, 0) is 11.3 Å². The van der Waals surface area contributed by atoms with Gasteiger partial charge >= 0.3 is 0 Å². The second-order valence-corrected chi connectivity index (χ2v) is 7.82. The number of rotatable bonds is 4. The standard InChI is InChI=1S/C22H14N2O2S2/c23-13-15-6-8-17(9-7-15)19-11-10-18(26-19)12-20-21(25)24(22(27)28-20)14-16-4-2-1-3-5-16/h1-12H,14H2. The minimum atomic E-state index is -0.116. The van der Waals surface area contributed by atoms with Crippen molar-refractivity contribution < 1.29 is 9.21 Å². The summed E-state index contributed by atoms with van der Waals surface area (Å²) in [6, 6.07) is 22.7. The van der Waals surface area contributed by atoms with Crippen molar-refractivity contribution in [3.05, 3.63) is 88.5 Å². The molecule has 0 spiro atoms. The molecule has 0 N–H and O–H groups in total. The Morgan fingerprint density at radius 1 is 1.07 bits per heavy atom. The van der Waals surface area contributed by atoms with Gasteiger partial charge in [-0.1, -0.05) is 54.3 Å². The lowest BCUT2D eigenvalue weighted by Gasteiger charge is -2.14. The SMILES string of the molecule is N#Cc1ccc(-c2ccc(C=C3SC(=S)N(Cc4ccccc4)C3=O)o2)cc1. The molecule has 0 aliphatic carbocycles. The van der Waals surface area contributed by atoms with E-state index in [0.29, 0.717) is 32.9 Å². The molecule has 136 valence electrons. The Morgan fingerprint density at radius 2 is 1.82 bits per heavy atom. The van der Waals surface area contributed by atoms with E-state index in [1.807, 2.05) is 54.6 Å². The maximum atomic E-state index is 12.7. The van der Waals surface area contributed by atoms with Crippen LogP contribution >= 0.6 is 24.0 Å². The Morgan fingerprint density at radius 3 is 2.54 bits per heavy atom. The molecule has 6 heteroatoms. The minimum absolute atomic E-state index is 0.116. The molecular weight excluding hydrogens is 388 g/mol. The van der Waals surface area contributed by atoms with Crippen molar-refractivity contribution >= 4 is 40.3 Å². The van der Waals surface area contributed by atoms with Crippen LogP contribution in [0.25, 0.3) is 17.4 Å². The van der Waals surface area contributed by atoms with Gasteiger partial charge in [0.2, 0.25) is 0 Å². The molecule has 1 aliphatic rings. The summed E-state index contributed by atoms with van der Waals surface area (Å²) in [5.41, 5.74) is 2.49. The maximum Gasteiger partial charge on any atom is 0.266 e. The molecule has 3 aromatic rings. The molecule has 1 aromatic heterocycles. The fourth-order valence-corrected chi connectivity index (χ4v) is 4.06. The van der Waals surface area contributed by atoms with Gasteiger partial charge in [-0.2, -0.15) is 5.26 Å². The molecule has 0 unspecified atom stereocenters. The summed E-state index contributed by atoms with van der Waals surface area (Å²) in [4.78, 5) is 14.9. The van der Waals surface area contributed by atoms with Gasteiger partial charge in [0.05, 0.1) is 23.1 Å². The number of nitrogens with zero attached hydrogens (tertiary/aromatic N) is 2. The topological polar surface area (TPSA) is 57.2 Å². The third kappa shape index (κ3) is 3.77. The Hall–Kier alpha value is -3.14. The van der Waals surface area contributed by atoms with Crippen molar-refractivity contribution in [2.24, 2.45) is 0 Å². The molecule has 1 aliphatic heterocycles. The van der Waals surface area contributed by atoms with Crippen molar-refractivity contribution in [1.29, 1.82) is 5.26 Å². The van der Waals surface area contributed by atoms with Crippen LogP contribution in [0.4, 0.5) is 0 Å². The van der Waals surface area contributed by atoms with Gasteiger partial charge in [-0.3, -0.25) is 9.69 Å². The monoisotopic (exact) mass is 402 g/mol. The van der Waals surface area contributed by atoms with Gasteiger partial charge in [0, 0.05) is 11.6 Å². The lowest BCUT2D eigenvalue weighted by molar-refractivity contribution is -0.122. The van der Waals surface area contributed by atoms with E-state index in [1.165, 1.54) is 11.8 Å². The number of nitriles is 1. The lowest BCUT2D eigenvalue weighted by Crippen LogP contribution is -2.27. The van der Waals surface area contributed by atoms with Gasteiger partial charge < -0.3 is 4.42 Å². The van der Waals surface area contributed by atoms with E-state index in [2.05, 4.69) is 6.07 Å². The highest BCUT2D eigenvalue weighted by Crippen LogP contribution is 2.34. The van der Waals surface area contributed by atoms with E-state index >= 15 is 0 Å². The molecule has 1 fully saturated rings. The predicted octanol–water partition coefficient (Wildman–Crippen LogP) is 5.22. The van der Waals surface area contributed by atoms with Gasteiger partial charge in [-0.15, -0.1) is 0 Å². The van der Waals surface area contributed by atoms with E-state index in [-0.39, 0.29) is 5.91 Å². The summed E-state index contributed by atoms with van der Waals surface area (Å²) >= 11 is 6.66. The largest absolute Gasteiger partial charge is 0.457 e. The van der Waals surface area contributed by atoms with Crippen molar-refractivity contribution in [3.63, 3.8) is 0 Å². The second kappa shape index (κ2) is 7.85. The Kier molecular flexibility index (Phi) is 5.11. The number of benzene rings is 2. The molecule has 0 saturated carbocycles. The van der Waals surface area contributed by atoms with Crippen LogP contribution in [0.15, 0.2) is 76.1 Å². The van der Waals surface area contributed by atoms with Crippen molar-refractivity contribution in [3.8, 4) is 17.4 Å². The zero-order valence-electron chi connectivity index (χ0n) is 14.7. The zero-order chi connectivity index (χ0) is 19.5. The minimum Gasteiger partial charge on any atom is -0.457 e. The van der Waals surface area contributed by atoms with Crippen LogP contribution in [0, 0.1) is 11.3 Å². The summed E-state index contributed by atoms with van der Waals surface area (Å²) in [6.45, 7) is 0.456. The number of carbonyl (C=O) groups excluding carboxylic acids is 1. The van der Waals surface area contributed by atoms with Crippen LogP contribution in [0.2, 0.25) is 0 Å². The number of thiocarbonyl (C=S) groups is 1. The normalized spacial score (nSPS) is 15.2. The number of carbonyl (C=O) groups is 1. The lowest BCUT2D eigenvalue weighted by atomic mass is 10.1. The third-order valence-electron chi connectivity index (χ3n) is 4.26. The fourth-order valence-electron chi connectivity index (χ4n) is 2.83. The van der Waals surface area contributed by atoms with Gasteiger partial charge in [0.15, 0.2) is 0 Å². The Labute approximate surface area is 172 Å². The number of thioether (sulfide) groups is 1. The Bertz CT molecular complexity index is 1110. The fraction of sp³-hybridized carbons (Fsp3) is 0.0455. The molecule has 2 aromatic carbocycles. The van der Waals surface area contributed by atoms with Crippen LogP contribution in [0.1, 0.15) is 16.9 Å². The molecule has 2 heterocycles. The summed E-state index contributed by atoms with van der Waals surface area (Å²) in [5, 5.41) is 8.89. The summed E-state index contributed by atoms with van der Waals surface area (Å²) < 4.78 is 6.40. The molecule has 4 rings (SSSR count). The van der Waals surface area contributed by atoms with E-state index in [4.69, 9.17) is 21.9 Å². The van der Waals surface area contributed by atoms with Gasteiger partial charge in [0.1, 0.15) is 15.8 Å². The van der Waals surface area contributed by atoms with Crippen molar-refractivity contribution in [1.82, 2.24) is 4.90 Å². The number of hydrogen-bond acceptors (Lipinski definition) is 5. The van der Waals surface area contributed by atoms with Crippen LogP contribution in [-0.4, -0.2) is 15.1 Å². The molecule has 0 radical (unpaired) electrons. The van der Waals surface area contributed by atoms with Gasteiger partial charge in [0.25, 0.3) is 5.91 Å². The highest BCUT2D eigenvalue weighted by Gasteiger charge is 2.32. The first-order chi connectivity index (χ1) is 13.6. The van der Waals surface area contributed by atoms with Crippen LogP contribution < -0.4 is 0 Å². The van der Waals surface area contributed by atoms with Crippen molar-refractivity contribution in [2.45, 2.75) is 6.54 Å². The quantitative estimate of drug-likeness (QED) is 0.442. The average Bonchev–Trinajstić information content (AvgIpc) is 3.29. The zero-order valence-corrected chi connectivity index (χ0v) is 16.3. The average molecular weight is 403 g/mol. The molecule has 4 nitrogen and oxygen atoms in total. The highest BCUT2D eigenvalue weighted by atomic mass is 32.2. The molecule has 0 atom stereocenters. The van der Waals surface area contributed by atoms with Crippen LogP contribution in [0.3, 0.4) is 0 Å². The first-order valence-corrected chi connectivity index (χ1v) is 9.76. The Balaban J connectivity index is 1.53. The van der Waals surface area contributed by atoms with E-state index in [1.54, 1.807) is 23.1 Å².